The van der Waals surface area contributed by atoms with Crippen molar-refractivity contribution in [2.24, 2.45) is 0 Å². The van der Waals surface area contributed by atoms with Gasteiger partial charge in [0, 0.05) is 16.0 Å². The molecule has 0 spiro atoms. The first-order valence-electron chi connectivity index (χ1n) is 9.05. The van der Waals surface area contributed by atoms with Crippen LogP contribution in [0.4, 0.5) is 0 Å². The highest BCUT2D eigenvalue weighted by Gasteiger charge is 2.33. The minimum atomic E-state index is -1.27. The third kappa shape index (κ3) is 4.38. The Labute approximate surface area is 172 Å². The smallest absolute Gasteiger partial charge is 0.251 e. The van der Waals surface area contributed by atoms with E-state index < -0.39 is 5.60 Å². The molecule has 1 amide bonds. The molecule has 3 rings (SSSR count). The second-order valence-corrected chi connectivity index (χ2v) is 7.79. The quantitative estimate of drug-likeness (QED) is 0.546. The topological polar surface area (TPSA) is 67.8 Å². The summed E-state index contributed by atoms with van der Waals surface area (Å²) < 4.78 is 11.1. The summed E-state index contributed by atoms with van der Waals surface area (Å²) in [4.78, 5) is 13.5. The lowest BCUT2D eigenvalue weighted by Gasteiger charge is -2.27. The van der Waals surface area contributed by atoms with Crippen LogP contribution in [0.2, 0.25) is 0 Å². The predicted molar refractivity (Wildman–Crippen MR) is 113 cm³/mol. The van der Waals surface area contributed by atoms with Crippen molar-refractivity contribution in [3.8, 4) is 11.5 Å². The Morgan fingerprint density at radius 1 is 1.11 bits per heavy atom. The van der Waals surface area contributed by atoms with Crippen LogP contribution in [-0.2, 0) is 5.60 Å². The lowest BCUT2D eigenvalue weighted by molar-refractivity contribution is 0.0720. The maximum Gasteiger partial charge on any atom is 0.251 e. The van der Waals surface area contributed by atoms with Crippen LogP contribution >= 0.6 is 22.7 Å². The van der Waals surface area contributed by atoms with Gasteiger partial charge in [-0.15, -0.1) is 11.3 Å². The number of aliphatic hydroxyl groups is 1. The van der Waals surface area contributed by atoms with E-state index in [9.17, 15) is 9.90 Å². The minimum absolute atomic E-state index is 0.0697. The molecule has 1 aromatic carbocycles. The molecule has 3 aromatic rings. The summed E-state index contributed by atoms with van der Waals surface area (Å²) in [5.41, 5.74) is -0.0506. The zero-order valence-electron chi connectivity index (χ0n) is 15.8. The van der Waals surface area contributed by atoms with Crippen LogP contribution in [-0.4, -0.2) is 30.8 Å². The molecule has 28 heavy (non-hydrogen) atoms. The standard InChI is InChI=1S/C21H23NO4S2/c1-3-25-17-8-7-15(12-18(17)26-4-2)20(23)22-14-21(24,16-9-11-27-13-16)19-6-5-10-28-19/h5-13,24H,3-4,14H2,1-2H3,(H,22,23). The van der Waals surface area contributed by atoms with Crippen LogP contribution in [0.15, 0.2) is 52.5 Å². The fraction of sp³-hybridized carbons (Fsp3) is 0.286. The third-order valence-corrected chi connectivity index (χ3v) is 5.94. The van der Waals surface area contributed by atoms with Gasteiger partial charge in [0.2, 0.25) is 0 Å². The molecule has 0 bridgehead atoms. The van der Waals surface area contributed by atoms with E-state index in [0.717, 1.165) is 10.4 Å². The van der Waals surface area contributed by atoms with Gasteiger partial charge in [-0.25, -0.2) is 0 Å². The highest BCUT2D eigenvalue weighted by molar-refractivity contribution is 7.10. The molecule has 1 unspecified atom stereocenters. The van der Waals surface area contributed by atoms with Crippen LogP contribution in [0, 0.1) is 0 Å². The molecule has 0 saturated carbocycles. The predicted octanol–water partition coefficient (Wildman–Crippen LogP) is 4.27. The Morgan fingerprint density at radius 2 is 1.89 bits per heavy atom. The minimum Gasteiger partial charge on any atom is -0.490 e. The summed E-state index contributed by atoms with van der Waals surface area (Å²) in [6, 6.07) is 10.7. The van der Waals surface area contributed by atoms with Crippen LogP contribution in [0.3, 0.4) is 0 Å². The van der Waals surface area contributed by atoms with E-state index in [4.69, 9.17) is 9.47 Å². The number of hydrogen-bond acceptors (Lipinski definition) is 6. The maximum absolute atomic E-state index is 12.7. The first kappa shape index (κ1) is 20.4. The molecule has 2 heterocycles. The molecule has 2 N–H and O–H groups in total. The van der Waals surface area contributed by atoms with Gasteiger partial charge in [-0.05, 0) is 60.3 Å². The number of carbonyl (C=O) groups excluding carboxylic acids is 1. The van der Waals surface area contributed by atoms with Gasteiger partial charge in [0.15, 0.2) is 11.5 Å². The molecule has 1 atom stereocenters. The summed E-state index contributed by atoms with van der Waals surface area (Å²) in [5, 5.41) is 19.9. The Hall–Kier alpha value is -2.35. The van der Waals surface area contributed by atoms with E-state index in [-0.39, 0.29) is 12.5 Å². The molecule has 0 aliphatic carbocycles. The lowest BCUT2D eigenvalue weighted by Crippen LogP contribution is -2.41. The summed E-state index contributed by atoms with van der Waals surface area (Å²) in [6.07, 6.45) is 0. The summed E-state index contributed by atoms with van der Waals surface area (Å²) in [6.45, 7) is 4.83. The van der Waals surface area contributed by atoms with Crippen LogP contribution in [0.25, 0.3) is 0 Å². The van der Waals surface area contributed by atoms with Crippen molar-refractivity contribution in [2.75, 3.05) is 19.8 Å². The van der Waals surface area contributed by atoms with E-state index in [1.54, 1.807) is 18.2 Å². The van der Waals surface area contributed by atoms with Gasteiger partial charge in [-0.1, -0.05) is 6.07 Å². The van der Waals surface area contributed by atoms with Crippen LogP contribution < -0.4 is 14.8 Å². The summed E-state index contributed by atoms with van der Waals surface area (Å²) >= 11 is 2.97. The number of ether oxygens (including phenoxy) is 2. The highest BCUT2D eigenvalue weighted by Crippen LogP contribution is 2.34. The van der Waals surface area contributed by atoms with Crippen molar-refractivity contribution < 1.29 is 19.4 Å². The molecular weight excluding hydrogens is 394 g/mol. The molecule has 7 heteroatoms. The monoisotopic (exact) mass is 417 g/mol. The Bertz CT molecular complexity index is 857. The average molecular weight is 418 g/mol. The zero-order valence-corrected chi connectivity index (χ0v) is 17.4. The number of benzene rings is 1. The molecule has 0 fully saturated rings. The van der Waals surface area contributed by atoms with E-state index in [2.05, 4.69) is 5.32 Å². The van der Waals surface area contributed by atoms with Gasteiger partial charge in [0.25, 0.3) is 5.91 Å². The summed E-state index contributed by atoms with van der Waals surface area (Å²) in [5.74, 6) is 0.854. The first-order valence-corrected chi connectivity index (χ1v) is 10.9. The van der Waals surface area contributed by atoms with Gasteiger partial charge in [0.1, 0.15) is 5.60 Å². The zero-order chi connectivity index (χ0) is 20.0. The molecule has 148 valence electrons. The molecule has 2 aromatic heterocycles. The maximum atomic E-state index is 12.7. The van der Waals surface area contributed by atoms with Gasteiger partial charge >= 0.3 is 0 Å². The number of amides is 1. The number of nitrogens with one attached hydrogen (secondary N) is 1. The summed E-state index contributed by atoms with van der Waals surface area (Å²) in [7, 11) is 0. The normalized spacial score (nSPS) is 13.0. The van der Waals surface area contributed by atoms with Gasteiger partial charge in [0.05, 0.1) is 19.8 Å². The highest BCUT2D eigenvalue weighted by atomic mass is 32.1. The van der Waals surface area contributed by atoms with E-state index in [1.807, 2.05) is 48.2 Å². The van der Waals surface area contributed by atoms with E-state index in [0.29, 0.717) is 30.3 Å². The van der Waals surface area contributed by atoms with E-state index >= 15 is 0 Å². The van der Waals surface area contributed by atoms with Crippen molar-refractivity contribution >= 4 is 28.6 Å². The molecule has 0 aliphatic heterocycles. The first-order chi connectivity index (χ1) is 13.6. The number of hydrogen-bond donors (Lipinski definition) is 2. The molecular formula is C21H23NO4S2. The fourth-order valence-corrected chi connectivity index (χ4v) is 4.42. The van der Waals surface area contributed by atoms with Gasteiger partial charge in [-0.3, -0.25) is 4.79 Å². The van der Waals surface area contributed by atoms with Gasteiger partial charge in [-0.2, -0.15) is 11.3 Å². The second-order valence-electron chi connectivity index (χ2n) is 6.06. The largest absolute Gasteiger partial charge is 0.490 e. The van der Waals surface area contributed by atoms with Crippen molar-refractivity contribution in [3.63, 3.8) is 0 Å². The Balaban J connectivity index is 1.79. The lowest BCUT2D eigenvalue weighted by atomic mass is 9.94. The molecule has 0 radical (unpaired) electrons. The van der Waals surface area contributed by atoms with Gasteiger partial charge < -0.3 is 19.9 Å². The molecule has 0 aliphatic rings. The van der Waals surface area contributed by atoms with Crippen LogP contribution in [0.5, 0.6) is 11.5 Å². The molecule has 0 saturated heterocycles. The Kier molecular flexibility index (Phi) is 6.72. The SMILES string of the molecule is CCOc1ccc(C(=O)NCC(O)(c2ccsc2)c2cccs2)cc1OCC. The second kappa shape index (κ2) is 9.23. The van der Waals surface area contributed by atoms with Crippen LogP contribution in [0.1, 0.15) is 34.6 Å². The Morgan fingerprint density at radius 3 is 2.54 bits per heavy atom. The third-order valence-electron chi connectivity index (χ3n) is 4.24. The average Bonchev–Trinajstić information content (AvgIpc) is 3.42. The van der Waals surface area contributed by atoms with Crippen molar-refractivity contribution in [2.45, 2.75) is 19.4 Å². The van der Waals surface area contributed by atoms with Crippen molar-refractivity contribution in [1.29, 1.82) is 0 Å². The number of carbonyl (C=O) groups is 1. The van der Waals surface area contributed by atoms with Crippen molar-refractivity contribution in [3.05, 3.63) is 68.5 Å². The number of thiophene rings is 2. The fourth-order valence-electron chi connectivity index (χ4n) is 2.85. The van der Waals surface area contributed by atoms with E-state index in [1.165, 1.54) is 22.7 Å². The molecule has 5 nitrogen and oxygen atoms in total. The number of rotatable bonds is 9. The van der Waals surface area contributed by atoms with Crippen molar-refractivity contribution in [1.82, 2.24) is 5.32 Å².